The van der Waals surface area contributed by atoms with Crippen molar-refractivity contribution in [2.75, 3.05) is 20.8 Å². The third kappa shape index (κ3) is 2.69. The minimum Gasteiger partial charge on any atom is -0.493 e. The van der Waals surface area contributed by atoms with Crippen molar-refractivity contribution in [1.82, 2.24) is 0 Å². The van der Waals surface area contributed by atoms with E-state index in [0.717, 1.165) is 29.6 Å². The topological polar surface area (TPSA) is 36.9 Å². The zero-order chi connectivity index (χ0) is 25.0. The molecule has 0 amide bonds. The smallest absolute Gasteiger partial charge is 0.165 e. The van der Waals surface area contributed by atoms with E-state index in [-0.39, 0.29) is 22.5 Å². The van der Waals surface area contributed by atoms with Gasteiger partial charge >= 0.3 is 0 Å². The summed E-state index contributed by atoms with van der Waals surface area (Å²) < 4.78 is 26.2. The molecule has 4 bridgehead atoms. The molecule has 196 valence electrons. The molecular formula is C33H40O4. The second-order valence-corrected chi connectivity index (χ2v) is 13.5. The van der Waals surface area contributed by atoms with Crippen molar-refractivity contribution < 1.29 is 18.9 Å². The molecule has 6 aliphatic carbocycles. The molecule has 2 aromatic rings. The van der Waals surface area contributed by atoms with Crippen LogP contribution in [0.5, 0.6) is 17.2 Å². The highest BCUT2D eigenvalue weighted by molar-refractivity contribution is 5.63. The highest BCUT2D eigenvalue weighted by atomic mass is 16.6. The maximum atomic E-state index is 7.16. The monoisotopic (exact) mass is 500 g/mol. The SMILES string of the molecule is COc1ccc2c3c1O[C@H]1[C@@]4(OC)CC[C@@]5(C[C@@H]4COc4ccccc4)[C@@H](C2)C(C)(CC2CC2)CC[C@]315. The van der Waals surface area contributed by atoms with Gasteiger partial charge in [0.25, 0.3) is 0 Å². The van der Waals surface area contributed by atoms with Gasteiger partial charge in [0, 0.05) is 24.0 Å². The van der Waals surface area contributed by atoms with Gasteiger partial charge in [0.1, 0.15) is 17.5 Å². The first-order valence-electron chi connectivity index (χ1n) is 14.6. The third-order valence-electron chi connectivity index (χ3n) is 12.2. The van der Waals surface area contributed by atoms with Gasteiger partial charge in [-0.2, -0.15) is 0 Å². The lowest BCUT2D eigenvalue weighted by Crippen LogP contribution is -2.79. The fraction of sp³-hybridized carbons (Fsp3) is 0.636. The summed E-state index contributed by atoms with van der Waals surface area (Å²) >= 11 is 0. The summed E-state index contributed by atoms with van der Waals surface area (Å²) in [5.74, 6) is 4.79. The number of hydrogen-bond acceptors (Lipinski definition) is 4. The van der Waals surface area contributed by atoms with Crippen molar-refractivity contribution in [3.05, 3.63) is 53.6 Å². The van der Waals surface area contributed by atoms with Crippen LogP contribution >= 0.6 is 0 Å². The van der Waals surface area contributed by atoms with Crippen LogP contribution in [0.1, 0.15) is 69.4 Å². The summed E-state index contributed by atoms with van der Waals surface area (Å²) in [5.41, 5.74) is 3.32. The lowest BCUT2D eigenvalue weighted by Gasteiger charge is -2.75. The van der Waals surface area contributed by atoms with E-state index in [1.54, 1.807) is 7.11 Å². The Morgan fingerprint density at radius 2 is 1.81 bits per heavy atom. The molecule has 1 heterocycles. The molecule has 1 aliphatic heterocycles. The van der Waals surface area contributed by atoms with Gasteiger partial charge in [-0.1, -0.05) is 44.0 Å². The standard InChI is InChI=1S/C33H40O4/c1-30(18-21-9-10-21)13-15-32-27-22-11-12-25(34-2)28(27)37-29(32)33(35-3)16-14-31(32,26(30)17-22)19-23(33)20-36-24-7-5-4-6-8-24/h4-8,11-12,21,23,26,29H,9-10,13-20H2,1-3H3/t23-,26+,29-,30?,31-,32+,33-/m1/s1. The van der Waals surface area contributed by atoms with E-state index in [9.17, 15) is 0 Å². The summed E-state index contributed by atoms with van der Waals surface area (Å²) in [6.07, 6.45) is 11.5. The first-order chi connectivity index (χ1) is 18.0. The van der Waals surface area contributed by atoms with Gasteiger partial charge < -0.3 is 18.9 Å². The minimum absolute atomic E-state index is 0.0233. The second kappa shape index (κ2) is 7.46. The maximum Gasteiger partial charge on any atom is 0.165 e. The van der Waals surface area contributed by atoms with Crippen molar-refractivity contribution in [3.8, 4) is 17.2 Å². The first-order valence-corrected chi connectivity index (χ1v) is 14.6. The van der Waals surface area contributed by atoms with Gasteiger partial charge in [0.2, 0.25) is 0 Å². The molecule has 0 aromatic heterocycles. The number of rotatable bonds is 7. The van der Waals surface area contributed by atoms with Crippen LogP contribution < -0.4 is 14.2 Å². The lowest BCUT2D eigenvalue weighted by molar-refractivity contribution is -0.291. The average molecular weight is 501 g/mol. The van der Waals surface area contributed by atoms with Crippen molar-refractivity contribution in [2.45, 2.75) is 81.8 Å². The van der Waals surface area contributed by atoms with Crippen LogP contribution in [0, 0.1) is 28.6 Å². The fourth-order valence-electron chi connectivity index (χ4n) is 10.6. The highest BCUT2D eigenvalue weighted by Crippen LogP contribution is 2.81. The van der Waals surface area contributed by atoms with Crippen molar-refractivity contribution >= 4 is 0 Å². The summed E-state index contributed by atoms with van der Waals surface area (Å²) in [6.45, 7) is 3.34. The zero-order valence-corrected chi connectivity index (χ0v) is 22.6. The number of hydrogen-bond donors (Lipinski definition) is 0. The van der Waals surface area contributed by atoms with Crippen LogP contribution in [0.25, 0.3) is 0 Å². The van der Waals surface area contributed by atoms with E-state index >= 15 is 0 Å². The Kier molecular flexibility index (Phi) is 4.59. The van der Waals surface area contributed by atoms with E-state index in [2.05, 4.69) is 43.3 Å². The van der Waals surface area contributed by atoms with Gasteiger partial charge in [-0.05, 0) is 91.4 Å². The molecule has 2 spiro atoms. The zero-order valence-electron chi connectivity index (χ0n) is 22.6. The number of fused-ring (bicyclic) bond motifs is 2. The molecule has 4 heteroatoms. The quantitative estimate of drug-likeness (QED) is 0.422. The average Bonchev–Trinajstić information content (AvgIpc) is 3.66. The molecule has 0 N–H and O–H groups in total. The van der Waals surface area contributed by atoms with Gasteiger partial charge in [0.15, 0.2) is 11.5 Å². The predicted octanol–water partition coefficient (Wildman–Crippen LogP) is 6.73. The molecule has 0 saturated heterocycles. The van der Waals surface area contributed by atoms with Crippen LogP contribution in [-0.2, 0) is 16.6 Å². The van der Waals surface area contributed by atoms with E-state index in [1.165, 1.54) is 62.5 Å². The molecule has 2 aromatic carbocycles. The maximum absolute atomic E-state index is 7.16. The van der Waals surface area contributed by atoms with Crippen LogP contribution in [-0.4, -0.2) is 32.5 Å². The molecular weight excluding hydrogens is 460 g/mol. The summed E-state index contributed by atoms with van der Waals surface area (Å²) in [5, 5.41) is 0. The number of benzene rings is 2. The highest BCUT2D eigenvalue weighted by Gasteiger charge is 2.81. The van der Waals surface area contributed by atoms with Gasteiger partial charge in [0.05, 0.1) is 13.7 Å². The Morgan fingerprint density at radius 1 is 0.973 bits per heavy atom. The van der Waals surface area contributed by atoms with Crippen LogP contribution in [0.2, 0.25) is 0 Å². The Hall–Kier alpha value is -2.20. The van der Waals surface area contributed by atoms with Gasteiger partial charge in [-0.25, -0.2) is 0 Å². The first kappa shape index (κ1) is 22.8. The molecule has 37 heavy (non-hydrogen) atoms. The third-order valence-corrected chi connectivity index (χ3v) is 12.2. The molecule has 4 nitrogen and oxygen atoms in total. The van der Waals surface area contributed by atoms with Crippen molar-refractivity contribution in [2.24, 2.45) is 28.6 Å². The summed E-state index contributed by atoms with van der Waals surface area (Å²) in [6, 6.07) is 14.8. The number of para-hydroxylation sites is 1. The van der Waals surface area contributed by atoms with E-state index in [1.807, 2.05) is 13.2 Å². The Bertz CT molecular complexity index is 1240. The minimum atomic E-state index is -0.343. The van der Waals surface area contributed by atoms with Crippen LogP contribution in [0.4, 0.5) is 0 Å². The molecule has 0 radical (unpaired) electrons. The molecule has 7 aliphatic rings. The van der Waals surface area contributed by atoms with E-state index in [0.29, 0.717) is 23.9 Å². The molecule has 1 unspecified atom stereocenters. The predicted molar refractivity (Wildman–Crippen MR) is 142 cm³/mol. The Morgan fingerprint density at radius 3 is 2.57 bits per heavy atom. The summed E-state index contributed by atoms with van der Waals surface area (Å²) in [4.78, 5) is 0. The number of ether oxygens (including phenoxy) is 4. The van der Waals surface area contributed by atoms with Gasteiger partial charge in [-0.3, -0.25) is 0 Å². The lowest BCUT2D eigenvalue weighted by atomic mass is 9.29. The Labute approximate surface area is 221 Å². The number of methoxy groups -OCH3 is 2. The van der Waals surface area contributed by atoms with E-state index < -0.39 is 0 Å². The van der Waals surface area contributed by atoms with Crippen LogP contribution in [0.3, 0.4) is 0 Å². The second-order valence-electron chi connectivity index (χ2n) is 13.5. The Balaban J connectivity index is 1.29. The van der Waals surface area contributed by atoms with E-state index in [4.69, 9.17) is 18.9 Å². The summed E-state index contributed by atoms with van der Waals surface area (Å²) in [7, 11) is 3.71. The largest absolute Gasteiger partial charge is 0.493 e. The van der Waals surface area contributed by atoms with Crippen molar-refractivity contribution in [3.63, 3.8) is 0 Å². The molecule has 5 saturated carbocycles. The molecule has 5 fully saturated rings. The normalized spacial score (nSPS) is 42.2. The van der Waals surface area contributed by atoms with Gasteiger partial charge in [-0.15, -0.1) is 0 Å². The molecule has 7 atom stereocenters. The molecule has 9 rings (SSSR count). The fourth-order valence-corrected chi connectivity index (χ4v) is 10.6. The van der Waals surface area contributed by atoms with Crippen LogP contribution in [0.15, 0.2) is 42.5 Å². The van der Waals surface area contributed by atoms with Crippen molar-refractivity contribution in [1.29, 1.82) is 0 Å².